The van der Waals surface area contributed by atoms with Gasteiger partial charge in [-0.05, 0) is 58.7 Å². The lowest BCUT2D eigenvalue weighted by atomic mass is 10.1. The number of carbonyl (C=O) groups is 1. The van der Waals surface area contributed by atoms with Gasteiger partial charge in [-0.15, -0.1) is 0 Å². The zero-order chi connectivity index (χ0) is 15.4. The van der Waals surface area contributed by atoms with Gasteiger partial charge in [0.25, 0.3) is 5.91 Å². The first-order chi connectivity index (χ1) is 10.0. The van der Waals surface area contributed by atoms with E-state index in [0.717, 1.165) is 15.8 Å². The second kappa shape index (κ2) is 6.63. The van der Waals surface area contributed by atoms with E-state index in [1.54, 1.807) is 25.3 Å². The Bertz CT molecular complexity index is 641. The number of methoxy groups -OCH3 is 1. The van der Waals surface area contributed by atoms with Gasteiger partial charge in [0.05, 0.1) is 13.2 Å². The van der Waals surface area contributed by atoms with Gasteiger partial charge in [-0.3, -0.25) is 4.79 Å². The molecule has 4 nitrogen and oxygen atoms in total. The van der Waals surface area contributed by atoms with Crippen LogP contribution >= 0.6 is 15.9 Å². The van der Waals surface area contributed by atoms with Crippen LogP contribution in [0.3, 0.4) is 0 Å². The van der Waals surface area contributed by atoms with Crippen LogP contribution < -0.4 is 15.8 Å². The molecule has 1 atom stereocenters. The van der Waals surface area contributed by atoms with Crippen molar-refractivity contribution in [2.24, 2.45) is 0 Å². The smallest absolute Gasteiger partial charge is 0.251 e. The van der Waals surface area contributed by atoms with Crippen molar-refractivity contribution in [2.75, 3.05) is 12.8 Å². The Morgan fingerprint density at radius 2 is 1.90 bits per heavy atom. The number of nitrogen functional groups attached to an aromatic ring is 1. The zero-order valence-corrected chi connectivity index (χ0v) is 13.5. The number of hydrogen-bond donors (Lipinski definition) is 2. The second-order valence-electron chi connectivity index (χ2n) is 4.70. The molecule has 5 heteroatoms. The van der Waals surface area contributed by atoms with Crippen LogP contribution in [0, 0.1) is 0 Å². The molecule has 0 aromatic heterocycles. The van der Waals surface area contributed by atoms with Crippen LogP contribution in [0.2, 0.25) is 0 Å². The molecule has 2 aromatic rings. The minimum Gasteiger partial charge on any atom is -0.497 e. The largest absolute Gasteiger partial charge is 0.497 e. The van der Waals surface area contributed by atoms with Crippen molar-refractivity contribution in [1.82, 2.24) is 5.32 Å². The molecule has 110 valence electrons. The molecule has 0 aliphatic heterocycles. The van der Waals surface area contributed by atoms with Gasteiger partial charge in [-0.25, -0.2) is 0 Å². The molecule has 0 fully saturated rings. The van der Waals surface area contributed by atoms with Crippen molar-refractivity contribution in [3.05, 3.63) is 58.1 Å². The third kappa shape index (κ3) is 3.76. The lowest BCUT2D eigenvalue weighted by molar-refractivity contribution is 0.0940. The zero-order valence-electron chi connectivity index (χ0n) is 11.9. The molecule has 0 spiro atoms. The molecule has 2 aromatic carbocycles. The predicted octanol–water partition coefficient (Wildman–Crippen LogP) is 3.53. The monoisotopic (exact) mass is 348 g/mol. The second-order valence-corrected chi connectivity index (χ2v) is 5.56. The quantitative estimate of drug-likeness (QED) is 0.830. The highest BCUT2D eigenvalue weighted by Crippen LogP contribution is 2.21. The minimum absolute atomic E-state index is 0.103. The summed E-state index contributed by atoms with van der Waals surface area (Å²) in [5, 5.41) is 2.95. The molecule has 0 bridgehead atoms. The molecule has 1 amide bonds. The standard InChI is InChI=1S/C16H17BrN2O2/c1-10(11-3-6-13(21-2)7-4-11)19-16(20)12-5-8-14(17)15(18)9-12/h3-10H,18H2,1-2H3,(H,19,20). The lowest BCUT2D eigenvalue weighted by Crippen LogP contribution is -2.26. The SMILES string of the molecule is COc1ccc(C(C)NC(=O)c2ccc(Br)c(N)c2)cc1. The van der Waals surface area contributed by atoms with Crippen LogP contribution in [-0.2, 0) is 0 Å². The number of amides is 1. The lowest BCUT2D eigenvalue weighted by Gasteiger charge is -2.15. The first-order valence-corrected chi connectivity index (χ1v) is 7.30. The van der Waals surface area contributed by atoms with Crippen LogP contribution in [-0.4, -0.2) is 13.0 Å². The Hall–Kier alpha value is -2.01. The summed E-state index contributed by atoms with van der Waals surface area (Å²) in [4.78, 5) is 12.2. The van der Waals surface area contributed by atoms with Gasteiger partial charge in [0.2, 0.25) is 0 Å². The molecular weight excluding hydrogens is 332 g/mol. The fourth-order valence-electron chi connectivity index (χ4n) is 1.94. The first kappa shape index (κ1) is 15.4. The van der Waals surface area contributed by atoms with Gasteiger partial charge in [0.15, 0.2) is 0 Å². The van der Waals surface area contributed by atoms with Crippen LogP contribution in [0.5, 0.6) is 5.75 Å². The number of rotatable bonds is 4. The van der Waals surface area contributed by atoms with Gasteiger partial charge >= 0.3 is 0 Å². The third-order valence-corrected chi connectivity index (χ3v) is 3.94. The fourth-order valence-corrected chi connectivity index (χ4v) is 2.19. The Balaban J connectivity index is 2.08. The van der Waals surface area contributed by atoms with E-state index >= 15 is 0 Å². The van der Waals surface area contributed by atoms with E-state index < -0.39 is 0 Å². The minimum atomic E-state index is -0.155. The van der Waals surface area contributed by atoms with E-state index in [-0.39, 0.29) is 11.9 Å². The number of nitrogens with one attached hydrogen (secondary N) is 1. The molecule has 1 unspecified atom stereocenters. The highest BCUT2D eigenvalue weighted by atomic mass is 79.9. The maximum Gasteiger partial charge on any atom is 0.251 e. The summed E-state index contributed by atoms with van der Waals surface area (Å²) in [7, 11) is 1.62. The molecule has 0 aliphatic carbocycles. The molecule has 0 saturated carbocycles. The molecular formula is C16H17BrN2O2. The molecule has 0 saturated heterocycles. The van der Waals surface area contributed by atoms with E-state index in [1.165, 1.54) is 0 Å². The number of benzene rings is 2. The highest BCUT2D eigenvalue weighted by Gasteiger charge is 2.12. The third-order valence-electron chi connectivity index (χ3n) is 3.22. The van der Waals surface area contributed by atoms with Gasteiger partial charge in [0, 0.05) is 15.7 Å². The van der Waals surface area contributed by atoms with Crippen LogP contribution in [0.4, 0.5) is 5.69 Å². The number of carbonyl (C=O) groups excluding carboxylic acids is 1. The van der Waals surface area contributed by atoms with Crippen LogP contribution in [0.25, 0.3) is 0 Å². The molecule has 21 heavy (non-hydrogen) atoms. The van der Waals surface area contributed by atoms with Gasteiger partial charge in [-0.2, -0.15) is 0 Å². The van der Waals surface area contributed by atoms with Crippen LogP contribution in [0.15, 0.2) is 46.9 Å². The van der Waals surface area contributed by atoms with E-state index in [2.05, 4.69) is 21.2 Å². The van der Waals surface area contributed by atoms with Crippen molar-refractivity contribution in [2.45, 2.75) is 13.0 Å². The highest BCUT2D eigenvalue weighted by molar-refractivity contribution is 9.10. The molecule has 0 aliphatic rings. The molecule has 0 radical (unpaired) electrons. The summed E-state index contributed by atoms with van der Waals surface area (Å²) in [6.45, 7) is 1.93. The van der Waals surface area contributed by atoms with Gasteiger partial charge in [0.1, 0.15) is 5.75 Å². The number of halogens is 1. The van der Waals surface area contributed by atoms with Crippen LogP contribution in [0.1, 0.15) is 28.9 Å². The van der Waals surface area contributed by atoms with E-state index in [0.29, 0.717) is 11.3 Å². The van der Waals surface area contributed by atoms with Crippen molar-refractivity contribution < 1.29 is 9.53 Å². The molecule has 0 heterocycles. The summed E-state index contributed by atoms with van der Waals surface area (Å²) in [5.41, 5.74) is 7.88. The maximum atomic E-state index is 12.2. The average molecular weight is 349 g/mol. The number of hydrogen-bond acceptors (Lipinski definition) is 3. The van der Waals surface area contributed by atoms with Crippen molar-refractivity contribution >= 4 is 27.5 Å². The maximum absolute atomic E-state index is 12.2. The topological polar surface area (TPSA) is 64.3 Å². The van der Waals surface area contributed by atoms with E-state index in [4.69, 9.17) is 10.5 Å². The molecule has 2 rings (SSSR count). The number of ether oxygens (including phenoxy) is 1. The summed E-state index contributed by atoms with van der Waals surface area (Å²) in [5.74, 6) is 0.635. The predicted molar refractivity (Wildman–Crippen MR) is 87.4 cm³/mol. The number of nitrogens with two attached hydrogens (primary N) is 1. The van der Waals surface area contributed by atoms with Crippen molar-refractivity contribution in [1.29, 1.82) is 0 Å². The summed E-state index contributed by atoms with van der Waals surface area (Å²) in [6.07, 6.45) is 0. The van der Waals surface area contributed by atoms with E-state index in [1.807, 2.05) is 31.2 Å². The Labute approximate surface area is 132 Å². The first-order valence-electron chi connectivity index (χ1n) is 6.51. The average Bonchev–Trinajstić information content (AvgIpc) is 2.50. The van der Waals surface area contributed by atoms with Gasteiger partial charge < -0.3 is 15.8 Å². The van der Waals surface area contributed by atoms with Crippen molar-refractivity contribution in [3.63, 3.8) is 0 Å². The fraction of sp³-hybridized carbons (Fsp3) is 0.188. The molecule has 3 N–H and O–H groups in total. The van der Waals surface area contributed by atoms with Crippen molar-refractivity contribution in [3.8, 4) is 5.75 Å². The Morgan fingerprint density at radius 3 is 2.48 bits per heavy atom. The Morgan fingerprint density at radius 1 is 1.24 bits per heavy atom. The van der Waals surface area contributed by atoms with Gasteiger partial charge in [-0.1, -0.05) is 12.1 Å². The number of anilines is 1. The van der Waals surface area contributed by atoms with E-state index in [9.17, 15) is 4.79 Å². The summed E-state index contributed by atoms with van der Waals surface area (Å²) in [6, 6.07) is 12.7. The Kier molecular flexibility index (Phi) is 4.85. The summed E-state index contributed by atoms with van der Waals surface area (Å²) >= 11 is 3.31. The normalized spacial score (nSPS) is 11.8. The summed E-state index contributed by atoms with van der Waals surface area (Å²) < 4.78 is 5.90.